The van der Waals surface area contributed by atoms with Gasteiger partial charge in [0.25, 0.3) is 0 Å². The predicted octanol–water partition coefficient (Wildman–Crippen LogP) is 1.53. The molecule has 1 saturated carbocycles. The highest BCUT2D eigenvalue weighted by atomic mass is 15.3. The highest BCUT2D eigenvalue weighted by Gasteiger charge is 2.38. The quantitative estimate of drug-likeness (QED) is 0.833. The molecule has 0 radical (unpaired) electrons. The number of aromatic nitrogens is 2. The highest BCUT2D eigenvalue weighted by Crippen LogP contribution is 2.37. The number of rotatable bonds is 3. The standard InChI is InChI=1S/C13H22N4/c1-9-6-13(16-17(9)2)15-8-12-11-5-3-4-10(11)7-14-12/h6,10-12,14H,3-5,7-8H2,1-2H3,(H,15,16). The summed E-state index contributed by atoms with van der Waals surface area (Å²) in [7, 11) is 1.99. The average molecular weight is 234 g/mol. The largest absolute Gasteiger partial charge is 0.367 e. The molecule has 0 bridgehead atoms. The summed E-state index contributed by atoms with van der Waals surface area (Å²) in [6.07, 6.45) is 4.26. The van der Waals surface area contributed by atoms with Gasteiger partial charge in [0.1, 0.15) is 5.82 Å². The van der Waals surface area contributed by atoms with Crippen molar-refractivity contribution in [3.05, 3.63) is 11.8 Å². The van der Waals surface area contributed by atoms with Crippen LogP contribution in [0.2, 0.25) is 0 Å². The van der Waals surface area contributed by atoms with E-state index in [4.69, 9.17) is 0 Å². The maximum atomic E-state index is 4.43. The van der Waals surface area contributed by atoms with Crippen molar-refractivity contribution in [2.24, 2.45) is 18.9 Å². The van der Waals surface area contributed by atoms with Crippen molar-refractivity contribution < 1.29 is 0 Å². The van der Waals surface area contributed by atoms with Gasteiger partial charge in [-0.2, -0.15) is 5.10 Å². The van der Waals surface area contributed by atoms with Gasteiger partial charge >= 0.3 is 0 Å². The Balaban J connectivity index is 1.57. The lowest BCUT2D eigenvalue weighted by molar-refractivity contribution is 0.422. The van der Waals surface area contributed by atoms with E-state index in [9.17, 15) is 0 Å². The second-order valence-corrected chi connectivity index (χ2v) is 5.55. The molecule has 1 saturated heterocycles. The van der Waals surface area contributed by atoms with E-state index in [-0.39, 0.29) is 0 Å². The number of nitrogens with one attached hydrogen (secondary N) is 2. The van der Waals surface area contributed by atoms with Gasteiger partial charge in [0.2, 0.25) is 0 Å². The van der Waals surface area contributed by atoms with E-state index in [0.717, 1.165) is 24.2 Å². The van der Waals surface area contributed by atoms with Crippen LogP contribution in [0.5, 0.6) is 0 Å². The molecule has 3 atom stereocenters. The summed E-state index contributed by atoms with van der Waals surface area (Å²) < 4.78 is 1.92. The lowest BCUT2D eigenvalue weighted by Crippen LogP contribution is -2.34. The first kappa shape index (κ1) is 11.1. The van der Waals surface area contributed by atoms with Gasteiger partial charge in [-0.1, -0.05) is 6.42 Å². The first-order valence-electron chi connectivity index (χ1n) is 6.72. The molecule has 4 nitrogen and oxygen atoms in total. The molecule has 2 fully saturated rings. The zero-order valence-electron chi connectivity index (χ0n) is 10.7. The van der Waals surface area contributed by atoms with Crippen LogP contribution in [0.15, 0.2) is 6.07 Å². The van der Waals surface area contributed by atoms with Crippen LogP contribution >= 0.6 is 0 Å². The molecule has 17 heavy (non-hydrogen) atoms. The molecule has 1 aliphatic heterocycles. The molecule has 0 amide bonds. The molecule has 1 aromatic rings. The van der Waals surface area contributed by atoms with Crippen LogP contribution in [0.1, 0.15) is 25.0 Å². The van der Waals surface area contributed by atoms with Crippen LogP contribution < -0.4 is 10.6 Å². The van der Waals surface area contributed by atoms with Gasteiger partial charge in [0, 0.05) is 31.4 Å². The summed E-state index contributed by atoms with van der Waals surface area (Å²) in [5, 5.41) is 11.6. The summed E-state index contributed by atoms with van der Waals surface area (Å²) in [6.45, 7) is 4.31. The summed E-state index contributed by atoms with van der Waals surface area (Å²) in [5.41, 5.74) is 1.20. The predicted molar refractivity (Wildman–Crippen MR) is 69.1 cm³/mol. The number of fused-ring (bicyclic) bond motifs is 1. The van der Waals surface area contributed by atoms with Crippen LogP contribution in [0.3, 0.4) is 0 Å². The average Bonchev–Trinajstić information content (AvgIpc) is 2.94. The first-order valence-corrected chi connectivity index (χ1v) is 6.72. The van der Waals surface area contributed by atoms with Crippen LogP contribution in [0.4, 0.5) is 5.82 Å². The number of aryl methyl sites for hydroxylation is 2. The molecule has 2 N–H and O–H groups in total. The van der Waals surface area contributed by atoms with Gasteiger partial charge in [0.05, 0.1) is 0 Å². The van der Waals surface area contributed by atoms with Crippen LogP contribution in [-0.2, 0) is 7.05 Å². The topological polar surface area (TPSA) is 41.9 Å². The van der Waals surface area contributed by atoms with Crippen molar-refractivity contribution in [3.8, 4) is 0 Å². The van der Waals surface area contributed by atoms with Crippen LogP contribution in [0, 0.1) is 18.8 Å². The Morgan fingerprint density at radius 3 is 3.18 bits per heavy atom. The van der Waals surface area contributed by atoms with Crippen molar-refractivity contribution in [2.45, 2.75) is 32.2 Å². The third-order valence-electron chi connectivity index (χ3n) is 4.49. The molecule has 4 heteroatoms. The minimum Gasteiger partial charge on any atom is -0.367 e. The zero-order valence-corrected chi connectivity index (χ0v) is 10.7. The molecule has 94 valence electrons. The zero-order chi connectivity index (χ0) is 11.8. The molecule has 3 rings (SSSR count). The van der Waals surface area contributed by atoms with Crippen LogP contribution in [0.25, 0.3) is 0 Å². The van der Waals surface area contributed by atoms with E-state index >= 15 is 0 Å². The third kappa shape index (κ3) is 2.06. The Hall–Kier alpha value is -1.03. The van der Waals surface area contributed by atoms with Gasteiger partial charge in [-0.25, -0.2) is 0 Å². The molecular formula is C13H22N4. The van der Waals surface area contributed by atoms with Crippen molar-refractivity contribution in [1.29, 1.82) is 0 Å². The fourth-order valence-corrected chi connectivity index (χ4v) is 3.39. The molecule has 0 aromatic carbocycles. The van der Waals surface area contributed by atoms with E-state index < -0.39 is 0 Å². The van der Waals surface area contributed by atoms with Crippen molar-refractivity contribution >= 4 is 5.82 Å². The van der Waals surface area contributed by atoms with Gasteiger partial charge in [0.15, 0.2) is 0 Å². The monoisotopic (exact) mass is 234 g/mol. The summed E-state index contributed by atoms with van der Waals surface area (Å²) in [6, 6.07) is 2.76. The van der Waals surface area contributed by atoms with Crippen molar-refractivity contribution in [3.63, 3.8) is 0 Å². The summed E-state index contributed by atoms with van der Waals surface area (Å²) in [5.74, 6) is 2.84. The molecular weight excluding hydrogens is 212 g/mol. The van der Waals surface area contributed by atoms with E-state index in [0.29, 0.717) is 6.04 Å². The highest BCUT2D eigenvalue weighted by molar-refractivity contribution is 5.35. The minimum absolute atomic E-state index is 0.643. The molecule has 1 aromatic heterocycles. The Morgan fingerprint density at radius 2 is 2.41 bits per heavy atom. The number of anilines is 1. The van der Waals surface area contributed by atoms with Gasteiger partial charge in [-0.15, -0.1) is 0 Å². The molecule has 1 aliphatic carbocycles. The maximum absolute atomic E-state index is 4.43. The fraction of sp³-hybridized carbons (Fsp3) is 0.769. The second-order valence-electron chi connectivity index (χ2n) is 5.55. The lowest BCUT2D eigenvalue weighted by Gasteiger charge is -2.18. The number of hydrogen-bond donors (Lipinski definition) is 2. The minimum atomic E-state index is 0.643. The van der Waals surface area contributed by atoms with E-state index in [2.05, 4.69) is 28.7 Å². The smallest absolute Gasteiger partial charge is 0.148 e. The van der Waals surface area contributed by atoms with Gasteiger partial charge < -0.3 is 10.6 Å². The van der Waals surface area contributed by atoms with E-state index in [1.807, 2.05) is 11.7 Å². The summed E-state index contributed by atoms with van der Waals surface area (Å²) in [4.78, 5) is 0. The Labute approximate surface area is 103 Å². The number of nitrogens with zero attached hydrogens (tertiary/aromatic N) is 2. The second kappa shape index (κ2) is 4.33. The SMILES string of the molecule is Cc1cc(NCC2NCC3CCCC32)nn1C. The van der Waals surface area contributed by atoms with Crippen molar-refractivity contribution in [1.82, 2.24) is 15.1 Å². The van der Waals surface area contributed by atoms with Crippen LogP contribution in [-0.4, -0.2) is 28.9 Å². The Bertz CT molecular complexity index is 379. The van der Waals surface area contributed by atoms with Gasteiger partial charge in [-0.3, -0.25) is 4.68 Å². The summed E-state index contributed by atoms with van der Waals surface area (Å²) >= 11 is 0. The molecule has 0 spiro atoms. The lowest BCUT2D eigenvalue weighted by atomic mass is 9.94. The number of hydrogen-bond acceptors (Lipinski definition) is 3. The third-order valence-corrected chi connectivity index (χ3v) is 4.49. The van der Waals surface area contributed by atoms with Crippen molar-refractivity contribution in [2.75, 3.05) is 18.4 Å². The molecule has 2 heterocycles. The Kier molecular flexibility index (Phi) is 2.82. The fourth-order valence-electron chi connectivity index (χ4n) is 3.39. The van der Waals surface area contributed by atoms with E-state index in [1.54, 1.807) is 0 Å². The van der Waals surface area contributed by atoms with Gasteiger partial charge in [-0.05, 0) is 38.1 Å². The van der Waals surface area contributed by atoms with E-state index in [1.165, 1.54) is 31.5 Å². The maximum Gasteiger partial charge on any atom is 0.148 e. The Morgan fingerprint density at radius 1 is 1.53 bits per heavy atom. The molecule has 3 unspecified atom stereocenters. The molecule has 2 aliphatic rings. The first-order chi connectivity index (χ1) is 8.24. The normalized spacial score (nSPS) is 31.8.